The zero-order valence-corrected chi connectivity index (χ0v) is 16.2. The second kappa shape index (κ2) is 10.6. The molecule has 1 N–H and O–H groups in total. The number of hydrogen-bond donors (Lipinski definition) is 1. The molecule has 3 heteroatoms. The lowest BCUT2D eigenvalue weighted by atomic mass is 10.1. The molecule has 0 aliphatic heterocycles. The van der Waals surface area contributed by atoms with E-state index in [1.165, 1.54) is 5.56 Å². The molecule has 0 bridgehead atoms. The molecule has 3 aromatic rings. The first-order chi connectivity index (χ1) is 13.3. The van der Waals surface area contributed by atoms with E-state index in [9.17, 15) is 4.79 Å². The van der Waals surface area contributed by atoms with Crippen LogP contribution in [0.1, 0.15) is 29.2 Å². The van der Waals surface area contributed by atoms with Gasteiger partial charge in [0.25, 0.3) is 0 Å². The predicted octanol–water partition coefficient (Wildman–Crippen LogP) is 5.66. The third kappa shape index (κ3) is 6.30. The summed E-state index contributed by atoms with van der Waals surface area (Å²) in [7, 11) is 0. The van der Waals surface area contributed by atoms with E-state index in [4.69, 9.17) is 0 Å². The molecule has 3 rings (SSSR count). The average molecular weight is 376 g/mol. The first-order valence-corrected chi connectivity index (χ1v) is 10.3. The van der Waals surface area contributed by atoms with Gasteiger partial charge in [-0.25, -0.2) is 0 Å². The van der Waals surface area contributed by atoms with Gasteiger partial charge in [0.2, 0.25) is 5.91 Å². The Morgan fingerprint density at radius 3 is 2.04 bits per heavy atom. The van der Waals surface area contributed by atoms with Gasteiger partial charge in [-0.2, -0.15) is 0 Å². The molecule has 0 saturated heterocycles. The Morgan fingerprint density at radius 1 is 0.778 bits per heavy atom. The second-order valence-electron chi connectivity index (χ2n) is 6.46. The van der Waals surface area contributed by atoms with Crippen molar-refractivity contribution in [1.29, 1.82) is 0 Å². The molecular formula is C24H25NOS. The maximum absolute atomic E-state index is 12.8. The van der Waals surface area contributed by atoms with Crippen molar-refractivity contribution in [2.45, 2.75) is 29.4 Å². The fourth-order valence-electron chi connectivity index (χ4n) is 2.94. The first kappa shape index (κ1) is 19.2. The van der Waals surface area contributed by atoms with Gasteiger partial charge in [0.1, 0.15) is 5.25 Å². The molecule has 2 nitrogen and oxygen atoms in total. The smallest absolute Gasteiger partial charge is 0.237 e. The highest BCUT2D eigenvalue weighted by Gasteiger charge is 2.21. The van der Waals surface area contributed by atoms with Gasteiger partial charge in [-0.15, -0.1) is 11.8 Å². The van der Waals surface area contributed by atoms with Gasteiger partial charge in [0, 0.05) is 11.4 Å². The van der Waals surface area contributed by atoms with Crippen molar-refractivity contribution in [2.24, 2.45) is 0 Å². The molecule has 3 aromatic carbocycles. The number of unbranched alkanes of at least 4 members (excludes halogenated alkanes) is 1. The minimum Gasteiger partial charge on any atom is -0.355 e. The Bertz CT molecular complexity index is 806. The molecule has 0 unspecified atom stereocenters. The quantitative estimate of drug-likeness (QED) is 0.386. The predicted molar refractivity (Wildman–Crippen MR) is 114 cm³/mol. The van der Waals surface area contributed by atoms with Gasteiger partial charge >= 0.3 is 0 Å². The highest BCUT2D eigenvalue weighted by Crippen LogP contribution is 2.35. The monoisotopic (exact) mass is 375 g/mol. The third-order valence-electron chi connectivity index (χ3n) is 4.37. The van der Waals surface area contributed by atoms with E-state index in [0.717, 1.165) is 29.7 Å². The van der Waals surface area contributed by atoms with Gasteiger partial charge in [-0.3, -0.25) is 4.79 Å². The van der Waals surface area contributed by atoms with E-state index in [-0.39, 0.29) is 11.2 Å². The third-order valence-corrected chi connectivity index (χ3v) is 5.64. The Balaban J connectivity index is 1.53. The van der Waals surface area contributed by atoms with Crippen molar-refractivity contribution in [3.8, 4) is 0 Å². The van der Waals surface area contributed by atoms with Crippen LogP contribution in [-0.2, 0) is 11.2 Å². The molecule has 0 heterocycles. The number of amides is 1. The van der Waals surface area contributed by atoms with Crippen LogP contribution < -0.4 is 5.32 Å². The van der Waals surface area contributed by atoms with Crippen molar-refractivity contribution in [1.82, 2.24) is 5.32 Å². The van der Waals surface area contributed by atoms with E-state index in [2.05, 4.69) is 29.6 Å². The van der Waals surface area contributed by atoms with Gasteiger partial charge in [-0.1, -0.05) is 78.9 Å². The van der Waals surface area contributed by atoms with Crippen LogP contribution in [0.3, 0.4) is 0 Å². The number of rotatable bonds is 9. The minimum absolute atomic E-state index is 0.0785. The minimum atomic E-state index is -0.234. The van der Waals surface area contributed by atoms with Crippen LogP contribution >= 0.6 is 11.8 Å². The number of benzene rings is 3. The maximum Gasteiger partial charge on any atom is 0.237 e. The van der Waals surface area contributed by atoms with E-state index in [1.54, 1.807) is 11.8 Å². The maximum atomic E-state index is 12.8. The zero-order valence-electron chi connectivity index (χ0n) is 15.4. The van der Waals surface area contributed by atoms with E-state index in [1.807, 2.05) is 66.7 Å². The number of thioether (sulfide) groups is 1. The SMILES string of the molecule is O=C(NCCCCc1ccccc1)[C@H](Sc1ccccc1)c1ccccc1. The molecule has 27 heavy (non-hydrogen) atoms. The lowest BCUT2D eigenvalue weighted by molar-refractivity contribution is -0.120. The van der Waals surface area contributed by atoms with Gasteiger partial charge in [0.15, 0.2) is 0 Å². The van der Waals surface area contributed by atoms with Crippen LogP contribution in [0, 0.1) is 0 Å². The highest BCUT2D eigenvalue weighted by molar-refractivity contribution is 8.00. The van der Waals surface area contributed by atoms with Gasteiger partial charge in [-0.05, 0) is 42.5 Å². The Hall–Kier alpha value is -2.52. The normalized spacial score (nSPS) is 11.7. The lowest BCUT2D eigenvalue weighted by Gasteiger charge is -2.17. The number of carbonyl (C=O) groups excluding carboxylic acids is 1. The molecular weight excluding hydrogens is 350 g/mol. The molecule has 0 radical (unpaired) electrons. The lowest BCUT2D eigenvalue weighted by Crippen LogP contribution is -2.29. The molecule has 138 valence electrons. The summed E-state index contributed by atoms with van der Waals surface area (Å²) in [5.41, 5.74) is 2.39. The topological polar surface area (TPSA) is 29.1 Å². The second-order valence-corrected chi connectivity index (χ2v) is 7.63. The number of nitrogens with one attached hydrogen (secondary N) is 1. The van der Waals surface area contributed by atoms with Crippen LogP contribution in [0.25, 0.3) is 0 Å². The largest absolute Gasteiger partial charge is 0.355 e. The molecule has 0 fully saturated rings. The standard InChI is InChI=1S/C24H25NOS/c26-24(25-19-11-10-14-20-12-4-1-5-13-20)23(21-15-6-2-7-16-21)27-22-17-8-3-9-18-22/h1-9,12-13,15-18,23H,10-11,14,19H2,(H,25,26)/t23-/m1/s1. The summed E-state index contributed by atoms with van der Waals surface area (Å²) in [6.45, 7) is 0.713. The van der Waals surface area contributed by atoms with Crippen molar-refractivity contribution in [2.75, 3.05) is 6.54 Å². The number of hydrogen-bond acceptors (Lipinski definition) is 2. The van der Waals surface area contributed by atoms with Gasteiger partial charge in [0.05, 0.1) is 0 Å². The molecule has 0 aliphatic rings. The molecule has 0 saturated carbocycles. The van der Waals surface area contributed by atoms with Crippen molar-refractivity contribution in [3.05, 3.63) is 102 Å². The van der Waals surface area contributed by atoms with E-state index < -0.39 is 0 Å². The number of aryl methyl sites for hydroxylation is 1. The Morgan fingerprint density at radius 2 is 1.37 bits per heavy atom. The summed E-state index contributed by atoms with van der Waals surface area (Å²) in [5.74, 6) is 0.0785. The summed E-state index contributed by atoms with van der Waals surface area (Å²) in [5, 5.41) is 2.89. The zero-order chi connectivity index (χ0) is 18.7. The molecule has 1 amide bonds. The van der Waals surface area contributed by atoms with E-state index in [0.29, 0.717) is 6.54 Å². The fraction of sp³-hybridized carbons (Fsp3) is 0.208. The van der Waals surface area contributed by atoms with E-state index >= 15 is 0 Å². The summed E-state index contributed by atoms with van der Waals surface area (Å²) in [6.07, 6.45) is 3.11. The summed E-state index contributed by atoms with van der Waals surface area (Å²) < 4.78 is 0. The van der Waals surface area contributed by atoms with Crippen LogP contribution in [0.4, 0.5) is 0 Å². The summed E-state index contributed by atoms with van der Waals surface area (Å²) in [4.78, 5) is 14.0. The van der Waals surface area contributed by atoms with Crippen LogP contribution in [-0.4, -0.2) is 12.5 Å². The van der Waals surface area contributed by atoms with Crippen molar-refractivity contribution in [3.63, 3.8) is 0 Å². The Labute approximate surface area is 166 Å². The fourth-order valence-corrected chi connectivity index (χ4v) is 4.01. The summed E-state index contributed by atoms with van der Waals surface area (Å²) >= 11 is 1.60. The Kier molecular flexibility index (Phi) is 7.55. The van der Waals surface area contributed by atoms with Gasteiger partial charge < -0.3 is 5.32 Å². The number of carbonyl (C=O) groups is 1. The molecule has 0 spiro atoms. The van der Waals surface area contributed by atoms with Crippen molar-refractivity contribution >= 4 is 17.7 Å². The van der Waals surface area contributed by atoms with Crippen molar-refractivity contribution < 1.29 is 4.79 Å². The molecule has 0 aromatic heterocycles. The van der Waals surface area contributed by atoms with Crippen LogP contribution in [0.15, 0.2) is 95.9 Å². The van der Waals surface area contributed by atoms with Crippen LogP contribution in [0.2, 0.25) is 0 Å². The van der Waals surface area contributed by atoms with Crippen LogP contribution in [0.5, 0.6) is 0 Å². The summed E-state index contributed by atoms with van der Waals surface area (Å²) in [6, 6.07) is 30.6. The average Bonchev–Trinajstić information content (AvgIpc) is 2.74. The molecule has 0 aliphatic carbocycles. The first-order valence-electron chi connectivity index (χ1n) is 9.41. The molecule has 1 atom stereocenters. The highest BCUT2D eigenvalue weighted by atomic mass is 32.2.